The van der Waals surface area contributed by atoms with Gasteiger partial charge in [0.15, 0.2) is 5.79 Å². The standard InChI is InChI=1S/C7H14O5/c1-4-6(10)5(2-8)12-7(4,11)3-9/h4-6,8-11H,2-3H2,1H3. The number of aliphatic hydroxyl groups is 4. The molecule has 0 aliphatic carbocycles. The van der Waals surface area contributed by atoms with Crippen molar-refractivity contribution in [2.45, 2.75) is 24.9 Å². The van der Waals surface area contributed by atoms with Crippen molar-refractivity contribution < 1.29 is 25.2 Å². The lowest BCUT2D eigenvalue weighted by atomic mass is 9.96. The summed E-state index contributed by atoms with van der Waals surface area (Å²) in [5.74, 6) is -2.31. The lowest BCUT2D eigenvalue weighted by Gasteiger charge is -2.23. The van der Waals surface area contributed by atoms with E-state index in [0.717, 1.165) is 0 Å². The Hall–Kier alpha value is -0.200. The number of ether oxygens (including phenoxy) is 1. The Bertz CT molecular complexity index is 162. The van der Waals surface area contributed by atoms with Gasteiger partial charge in [-0.15, -0.1) is 0 Å². The van der Waals surface area contributed by atoms with E-state index in [1.165, 1.54) is 0 Å². The van der Waals surface area contributed by atoms with E-state index < -0.39 is 30.5 Å². The van der Waals surface area contributed by atoms with Crippen LogP contribution in [0.15, 0.2) is 0 Å². The zero-order valence-electron chi connectivity index (χ0n) is 6.84. The zero-order chi connectivity index (χ0) is 9.35. The van der Waals surface area contributed by atoms with E-state index in [2.05, 4.69) is 0 Å². The molecule has 12 heavy (non-hydrogen) atoms. The van der Waals surface area contributed by atoms with Crippen LogP contribution in [0.25, 0.3) is 0 Å². The summed E-state index contributed by atoms with van der Waals surface area (Å²) in [4.78, 5) is 0. The zero-order valence-corrected chi connectivity index (χ0v) is 6.84. The van der Waals surface area contributed by atoms with Gasteiger partial charge in [-0.3, -0.25) is 0 Å². The Kier molecular flexibility index (Phi) is 2.70. The average Bonchev–Trinajstić information content (AvgIpc) is 2.31. The van der Waals surface area contributed by atoms with Crippen molar-refractivity contribution in [3.05, 3.63) is 0 Å². The largest absolute Gasteiger partial charge is 0.394 e. The first-order valence-electron chi connectivity index (χ1n) is 3.85. The van der Waals surface area contributed by atoms with Gasteiger partial charge in [-0.05, 0) is 0 Å². The van der Waals surface area contributed by atoms with Crippen LogP contribution in [0.1, 0.15) is 6.92 Å². The van der Waals surface area contributed by atoms with Crippen molar-refractivity contribution in [3.8, 4) is 0 Å². The van der Waals surface area contributed by atoms with Crippen LogP contribution in [-0.4, -0.2) is 51.6 Å². The van der Waals surface area contributed by atoms with Gasteiger partial charge in [0, 0.05) is 5.92 Å². The summed E-state index contributed by atoms with van der Waals surface area (Å²) < 4.78 is 4.88. The Labute approximate surface area is 70.2 Å². The number of aliphatic hydroxyl groups excluding tert-OH is 3. The first-order chi connectivity index (χ1) is 5.55. The van der Waals surface area contributed by atoms with E-state index in [0.29, 0.717) is 0 Å². The third-order valence-electron chi connectivity index (χ3n) is 2.37. The molecule has 0 spiro atoms. The van der Waals surface area contributed by atoms with Gasteiger partial charge < -0.3 is 25.2 Å². The minimum atomic E-state index is -1.72. The molecule has 4 atom stereocenters. The lowest BCUT2D eigenvalue weighted by Crippen LogP contribution is -2.40. The van der Waals surface area contributed by atoms with Crippen molar-refractivity contribution in [2.24, 2.45) is 5.92 Å². The van der Waals surface area contributed by atoms with E-state index in [-0.39, 0.29) is 6.61 Å². The van der Waals surface area contributed by atoms with E-state index in [4.69, 9.17) is 14.9 Å². The Morgan fingerprint density at radius 1 is 1.42 bits per heavy atom. The molecule has 0 amide bonds. The minimum Gasteiger partial charge on any atom is -0.394 e. The predicted molar refractivity (Wildman–Crippen MR) is 39.2 cm³/mol. The quantitative estimate of drug-likeness (QED) is 0.395. The molecule has 1 aliphatic rings. The molecule has 0 radical (unpaired) electrons. The first kappa shape index (κ1) is 9.88. The molecule has 5 nitrogen and oxygen atoms in total. The average molecular weight is 178 g/mol. The van der Waals surface area contributed by atoms with E-state index in [1.54, 1.807) is 6.92 Å². The topological polar surface area (TPSA) is 90.2 Å². The third kappa shape index (κ3) is 1.34. The van der Waals surface area contributed by atoms with Crippen LogP contribution in [0.3, 0.4) is 0 Å². The second kappa shape index (κ2) is 3.27. The summed E-state index contributed by atoms with van der Waals surface area (Å²) in [7, 11) is 0. The number of hydrogen-bond acceptors (Lipinski definition) is 5. The molecule has 4 N–H and O–H groups in total. The summed E-state index contributed by atoms with van der Waals surface area (Å²) in [5.41, 5.74) is 0. The fourth-order valence-corrected chi connectivity index (χ4v) is 1.35. The molecule has 1 saturated heterocycles. The van der Waals surface area contributed by atoms with Gasteiger partial charge in [-0.25, -0.2) is 0 Å². The SMILES string of the molecule is CC1C(O)C(CO)OC1(O)CO. The fourth-order valence-electron chi connectivity index (χ4n) is 1.35. The summed E-state index contributed by atoms with van der Waals surface area (Å²) in [6.07, 6.45) is -1.75. The molecule has 5 heteroatoms. The van der Waals surface area contributed by atoms with E-state index in [9.17, 15) is 10.2 Å². The van der Waals surface area contributed by atoms with Crippen LogP contribution in [0, 0.1) is 5.92 Å². The third-order valence-corrected chi connectivity index (χ3v) is 2.37. The Morgan fingerprint density at radius 2 is 2.00 bits per heavy atom. The normalized spacial score (nSPS) is 48.2. The molecule has 0 bridgehead atoms. The molecule has 0 saturated carbocycles. The number of rotatable bonds is 2. The second-order valence-electron chi connectivity index (χ2n) is 3.12. The molecule has 0 aromatic heterocycles. The van der Waals surface area contributed by atoms with Crippen LogP contribution < -0.4 is 0 Å². The summed E-state index contributed by atoms with van der Waals surface area (Å²) >= 11 is 0. The predicted octanol–water partition coefficient (Wildman–Crippen LogP) is -1.94. The molecular formula is C7H14O5. The smallest absolute Gasteiger partial charge is 0.194 e. The van der Waals surface area contributed by atoms with Gasteiger partial charge in [0.2, 0.25) is 0 Å². The van der Waals surface area contributed by atoms with E-state index in [1.807, 2.05) is 0 Å². The van der Waals surface area contributed by atoms with Gasteiger partial charge in [-0.1, -0.05) is 6.92 Å². The maximum atomic E-state index is 9.50. The maximum Gasteiger partial charge on any atom is 0.194 e. The van der Waals surface area contributed by atoms with E-state index >= 15 is 0 Å². The van der Waals surface area contributed by atoms with Crippen molar-refractivity contribution in [1.29, 1.82) is 0 Å². The van der Waals surface area contributed by atoms with Crippen molar-refractivity contribution in [2.75, 3.05) is 13.2 Å². The van der Waals surface area contributed by atoms with Gasteiger partial charge in [-0.2, -0.15) is 0 Å². The molecule has 4 unspecified atom stereocenters. The molecule has 0 aromatic carbocycles. The van der Waals surface area contributed by atoms with Crippen LogP contribution >= 0.6 is 0 Å². The fraction of sp³-hybridized carbons (Fsp3) is 1.00. The van der Waals surface area contributed by atoms with Crippen molar-refractivity contribution >= 4 is 0 Å². The maximum absolute atomic E-state index is 9.50. The van der Waals surface area contributed by atoms with Crippen molar-refractivity contribution in [1.82, 2.24) is 0 Å². The Morgan fingerprint density at radius 3 is 2.25 bits per heavy atom. The van der Waals surface area contributed by atoms with Gasteiger partial charge in [0.25, 0.3) is 0 Å². The molecule has 1 fully saturated rings. The molecule has 1 heterocycles. The van der Waals surface area contributed by atoms with Crippen LogP contribution in [0.5, 0.6) is 0 Å². The molecule has 0 aromatic rings. The van der Waals surface area contributed by atoms with Crippen LogP contribution in [0.2, 0.25) is 0 Å². The molecular weight excluding hydrogens is 164 g/mol. The van der Waals surface area contributed by atoms with Crippen LogP contribution in [-0.2, 0) is 4.74 Å². The highest BCUT2D eigenvalue weighted by Gasteiger charge is 2.50. The molecule has 1 aliphatic heterocycles. The Balaban J connectivity index is 2.72. The highest BCUT2D eigenvalue weighted by Crippen LogP contribution is 2.33. The van der Waals surface area contributed by atoms with Gasteiger partial charge in [0.05, 0.1) is 19.3 Å². The lowest BCUT2D eigenvalue weighted by molar-refractivity contribution is -0.232. The highest BCUT2D eigenvalue weighted by molar-refractivity contribution is 4.92. The van der Waals surface area contributed by atoms with Gasteiger partial charge in [0.1, 0.15) is 6.10 Å². The molecule has 72 valence electrons. The minimum absolute atomic E-state index is 0.367. The highest BCUT2D eigenvalue weighted by atomic mass is 16.7. The summed E-state index contributed by atoms with van der Waals surface area (Å²) in [6.45, 7) is 0.603. The van der Waals surface area contributed by atoms with Crippen molar-refractivity contribution in [3.63, 3.8) is 0 Å². The molecule has 1 rings (SSSR count). The van der Waals surface area contributed by atoms with Gasteiger partial charge >= 0.3 is 0 Å². The second-order valence-corrected chi connectivity index (χ2v) is 3.12. The first-order valence-corrected chi connectivity index (χ1v) is 3.85. The monoisotopic (exact) mass is 178 g/mol. The summed E-state index contributed by atoms with van der Waals surface area (Å²) in [5, 5.41) is 36.3. The summed E-state index contributed by atoms with van der Waals surface area (Å²) in [6, 6.07) is 0. The number of hydrogen-bond donors (Lipinski definition) is 4. The van der Waals surface area contributed by atoms with Crippen LogP contribution in [0.4, 0.5) is 0 Å².